The van der Waals surface area contributed by atoms with Crippen LogP contribution in [-0.2, 0) is 9.59 Å². The number of hydrogen-bond donors (Lipinski definition) is 4. The van der Waals surface area contributed by atoms with Crippen LogP contribution in [0.4, 0.5) is 0 Å². The fraction of sp³-hybridized carbons (Fsp3) is 0.333. The normalized spacial score (nSPS) is 32.0. The average molecular weight is 290 g/mol. The molecule has 0 unspecified atom stereocenters. The molecular formula is C15H14O6. The van der Waals surface area contributed by atoms with Crippen LogP contribution < -0.4 is 0 Å². The fourth-order valence-electron chi connectivity index (χ4n) is 3.20. The molecule has 0 saturated heterocycles. The average Bonchev–Trinajstić information content (AvgIpc) is 2.41. The van der Waals surface area contributed by atoms with Crippen LogP contribution in [0.2, 0.25) is 0 Å². The second-order valence-electron chi connectivity index (χ2n) is 5.48. The number of allylic oxidation sites excluding steroid dienone is 2. The molecule has 6 nitrogen and oxygen atoms in total. The van der Waals surface area contributed by atoms with Crippen molar-refractivity contribution in [3.8, 4) is 11.5 Å². The van der Waals surface area contributed by atoms with E-state index in [0.717, 1.165) is 6.08 Å². The Balaban J connectivity index is 2.09. The van der Waals surface area contributed by atoms with E-state index in [-0.39, 0.29) is 23.7 Å². The number of ketones is 2. The summed E-state index contributed by atoms with van der Waals surface area (Å²) in [6.45, 7) is 0. The van der Waals surface area contributed by atoms with Crippen LogP contribution in [-0.4, -0.2) is 38.1 Å². The number of rotatable bonds is 1. The fourth-order valence-corrected chi connectivity index (χ4v) is 3.20. The predicted molar refractivity (Wildman–Crippen MR) is 70.8 cm³/mol. The second kappa shape index (κ2) is 4.60. The Labute approximate surface area is 120 Å². The van der Waals surface area contributed by atoms with Crippen molar-refractivity contribution < 1.29 is 30.0 Å². The van der Waals surface area contributed by atoms with Crippen molar-refractivity contribution in [3.05, 3.63) is 35.6 Å². The Bertz CT molecular complexity index is 662. The lowest BCUT2D eigenvalue weighted by atomic mass is 9.64. The highest BCUT2D eigenvalue weighted by Crippen LogP contribution is 2.45. The molecule has 2 aliphatic carbocycles. The van der Waals surface area contributed by atoms with Gasteiger partial charge in [-0.2, -0.15) is 0 Å². The van der Waals surface area contributed by atoms with Crippen LogP contribution in [0.25, 0.3) is 0 Å². The first-order valence-electron chi connectivity index (χ1n) is 6.58. The second-order valence-corrected chi connectivity index (χ2v) is 5.48. The number of carbonyl (C=O) groups excluding carboxylic acids is 2. The molecule has 0 amide bonds. The topological polar surface area (TPSA) is 115 Å². The van der Waals surface area contributed by atoms with Gasteiger partial charge in [0.25, 0.3) is 0 Å². The summed E-state index contributed by atoms with van der Waals surface area (Å²) in [5.41, 5.74) is 0.420. The Kier molecular flexibility index (Phi) is 2.98. The highest BCUT2D eigenvalue weighted by molar-refractivity contribution is 6.12. The third kappa shape index (κ3) is 1.99. The highest BCUT2D eigenvalue weighted by Gasteiger charge is 2.50. The van der Waals surface area contributed by atoms with E-state index >= 15 is 0 Å². The maximum atomic E-state index is 12.3. The van der Waals surface area contributed by atoms with E-state index in [1.807, 2.05) is 0 Å². The van der Waals surface area contributed by atoms with Gasteiger partial charge in [0.05, 0.1) is 17.9 Å². The van der Waals surface area contributed by atoms with E-state index in [0.29, 0.717) is 5.56 Å². The van der Waals surface area contributed by atoms with Crippen LogP contribution in [0.15, 0.2) is 30.0 Å². The van der Waals surface area contributed by atoms with Crippen LogP contribution in [0.1, 0.15) is 17.9 Å². The number of fused-ring (bicyclic) bond motifs is 2. The maximum Gasteiger partial charge on any atom is 0.169 e. The molecular weight excluding hydrogens is 276 g/mol. The van der Waals surface area contributed by atoms with Gasteiger partial charge in [-0.1, -0.05) is 6.07 Å². The number of carbonyl (C=O) groups is 2. The van der Waals surface area contributed by atoms with Crippen LogP contribution in [0.5, 0.6) is 11.5 Å². The number of phenols is 2. The van der Waals surface area contributed by atoms with Crippen LogP contribution in [0, 0.1) is 11.8 Å². The van der Waals surface area contributed by atoms with Crippen molar-refractivity contribution in [3.63, 3.8) is 0 Å². The number of Topliss-reactive ketones (excluding diaryl/α,β-unsaturated/α-hetero) is 1. The zero-order chi connectivity index (χ0) is 15.3. The molecule has 1 saturated carbocycles. The van der Waals surface area contributed by atoms with Crippen molar-refractivity contribution in [2.45, 2.75) is 18.4 Å². The van der Waals surface area contributed by atoms with Crippen molar-refractivity contribution in [2.24, 2.45) is 11.8 Å². The van der Waals surface area contributed by atoms with Gasteiger partial charge in [0, 0.05) is 12.0 Å². The molecule has 1 fully saturated rings. The molecule has 2 bridgehead atoms. The molecule has 0 spiro atoms. The molecule has 2 aliphatic rings. The van der Waals surface area contributed by atoms with E-state index in [1.54, 1.807) is 0 Å². The Hall–Kier alpha value is -2.34. The van der Waals surface area contributed by atoms with Gasteiger partial charge in [0.1, 0.15) is 5.76 Å². The van der Waals surface area contributed by atoms with Gasteiger partial charge in [-0.05, 0) is 24.1 Å². The standard InChI is InChI=1S/C15H14O6/c16-8-2-1-6(3-10(8)18)13-11(19)4-7-9(17)5-12(20)14(13)15(7)21/h1-3,5,7,11,13-14,16,18-20H,4H2/t7-,11-,13+,14+/m0/s1. The minimum Gasteiger partial charge on any atom is -0.511 e. The van der Waals surface area contributed by atoms with Gasteiger partial charge >= 0.3 is 0 Å². The molecule has 1 aromatic carbocycles. The summed E-state index contributed by atoms with van der Waals surface area (Å²) < 4.78 is 0. The van der Waals surface area contributed by atoms with Gasteiger partial charge in [-0.15, -0.1) is 0 Å². The van der Waals surface area contributed by atoms with Gasteiger partial charge in [-0.3, -0.25) is 9.59 Å². The molecule has 1 aromatic rings. The van der Waals surface area contributed by atoms with Gasteiger partial charge < -0.3 is 20.4 Å². The van der Waals surface area contributed by atoms with Crippen LogP contribution in [0.3, 0.4) is 0 Å². The number of hydrogen-bond acceptors (Lipinski definition) is 6. The minimum absolute atomic E-state index is 0.00967. The molecule has 0 radical (unpaired) electrons. The monoisotopic (exact) mass is 290 g/mol. The lowest BCUT2D eigenvalue weighted by molar-refractivity contribution is -0.141. The number of aliphatic hydroxyl groups excluding tert-OH is 2. The summed E-state index contributed by atoms with van der Waals surface area (Å²) in [7, 11) is 0. The molecule has 21 heavy (non-hydrogen) atoms. The van der Waals surface area contributed by atoms with E-state index in [2.05, 4.69) is 0 Å². The molecule has 0 aromatic heterocycles. The summed E-state index contributed by atoms with van der Waals surface area (Å²) in [5.74, 6) is -4.62. The lowest BCUT2D eigenvalue weighted by Crippen LogP contribution is -2.48. The van der Waals surface area contributed by atoms with Crippen molar-refractivity contribution in [2.75, 3.05) is 0 Å². The molecule has 0 aliphatic heterocycles. The summed E-state index contributed by atoms with van der Waals surface area (Å²) in [4.78, 5) is 23.9. The molecule has 110 valence electrons. The number of aromatic hydroxyl groups is 2. The number of benzene rings is 1. The van der Waals surface area contributed by atoms with Crippen molar-refractivity contribution in [1.82, 2.24) is 0 Å². The number of aliphatic hydroxyl groups is 2. The van der Waals surface area contributed by atoms with Crippen molar-refractivity contribution in [1.29, 1.82) is 0 Å². The predicted octanol–water partition coefficient (Wildman–Crippen LogP) is 0.772. The van der Waals surface area contributed by atoms with E-state index in [1.165, 1.54) is 18.2 Å². The minimum atomic E-state index is -1.000. The summed E-state index contributed by atoms with van der Waals surface area (Å²) in [5, 5.41) is 39.1. The molecule has 6 heteroatoms. The third-order valence-electron chi connectivity index (χ3n) is 4.24. The first-order chi connectivity index (χ1) is 9.90. The Morgan fingerprint density at radius 2 is 1.76 bits per heavy atom. The molecule has 0 heterocycles. The maximum absolute atomic E-state index is 12.3. The molecule has 4 atom stereocenters. The van der Waals surface area contributed by atoms with Gasteiger partial charge in [-0.25, -0.2) is 0 Å². The molecule has 4 N–H and O–H groups in total. The third-order valence-corrected chi connectivity index (χ3v) is 4.24. The first kappa shape index (κ1) is 13.6. The lowest BCUT2D eigenvalue weighted by Gasteiger charge is -2.40. The van der Waals surface area contributed by atoms with Gasteiger partial charge in [0.15, 0.2) is 23.1 Å². The Morgan fingerprint density at radius 3 is 2.43 bits per heavy atom. The summed E-state index contributed by atoms with van der Waals surface area (Å²) >= 11 is 0. The SMILES string of the molecule is O=C1C=C(O)[C@H]2C(=O)[C@H]1C[C@H](O)[C@H]2c1ccc(O)c(O)c1. The zero-order valence-electron chi connectivity index (χ0n) is 10.9. The first-order valence-corrected chi connectivity index (χ1v) is 6.58. The zero-order valence-corrected chi connectivity index (χ0v) is 10.9. The van der Waals surface area contributed by atoms with E-state index in [4.69, 9.17) is 0 Å². The van der Waals surface area contributed by atoms with E-state index < -0.39 is 35.4 Å². The summed E-state index contributed by atoms with van der Waals surface area (Å²) in [6, 6.07) is 3.98. The largest absolute Gasteiger partial charge is 0.511 e. The molecule has 3 rings (SSSR count). The van der Waals surface area contributed by atoms with Crippen molar-refractivity contribution >= 4 is 11.6 Å². The summed E-state index contributed by atoms with van der Waals surface area (Å²) in [6.07, 6.45) is 0.0292. The van der Waals surface area contributed by atoms with E-state index in [9.17, 15) is 30.0 Å². The van der Waals surface area contributed by atoms with Crippen LogP contribution >= 0.6 is 0 Å². The Morgan fingerprint density at radius 1 is 1.05 bits per heavy atom. The van der Waals surface area contributed by atoms with Gasteiger partial charge in [0.2, 0.25) is 0 Å². The quantitative estimate of drug-likeness (QED) is 0.448. The highest BCUT2D eigenvalue weighted by atomic mass is 16.3. The number of phenolic OH excluding ortho intramolecular Hbond substituents is 2. The smallest absolute Gasteiger partial charge is 0.169 e.